The van der Waals surface area contributed by atoms with Gasteiger partial charge in [0.1, 0.15) is 0 Å². The van der Waals surface area contributed by atoms with Gasteiger partial charge >= 0.3 is 0 Å². The molecule has 2 rings (SSSR count). The molecule has 1 heterocycles. The first-order chi connectivity index (χ1) is 9.22. The van der Waals surface area contributed by atoms with Gasteiger partial charge in [0.15, 0.2) is 0 Å². The van der Waals surface area contributed by atoms with Crippen LogP contribution in [0.5, 0.6) is 0 Å². The van der Waals surface area contributed by atoms with E-state index in [1.165, 1.54) is 18.2 Å². The van der Waals surface area contributed by atoms with Crippen molar-refractivity contribution in [3.8, 4) is 0 Å². The van der Waals surface area contributed by atoms with Crippen molar-refractivity contribution >= 4 is 29.3 Å². The van der Waals surface area contributed by atoms with Crippen LogP contribution in [-0.4, -0.2) is 35.7 Å². The van der Waals surface area contributed by atoms with E-state index in [0.29, 0.717) is 17.3 Å². The van der Waals surface area contributed by atoms with E-state index < -0.39 is 0 Å². The van der Waals surface area contributed by atoms with Crippen LogP contribution in [-0.2, 0) is 4.79 Å². The lowest BCUT2D eigenvalue weighted by Gasteiger charge is -2.35. The van der Waals surface area contributed by atoms with Crippen molar-refractivity contribution in [1.82, 2.24) is 4.90 Å². The fourth-order valence-electron chi connectivity index (χ4n) is 2.36. The van der Waals surface area contributed by atoms with Crippen LogP contribution in [0.25, 0.3) is 0 Å². The molecule has 0 aromatic heterocycles. The standard InChI is InChI=1S/C14H19ClN2OS/c15-12-6-1-2-7-13(12)19-10-14(18)17-8-4-3-5-11(17)9-16/h1-2,6-7,11H,3-5,8-10,16H2. The van der Waals surface area contributed by atoms with Gasteiger partial charge in [0, 0.05) is 24.0 Å². The van der Waals surface area contributed by atoms with Gasteiger partial charge in [0.25, 0.3) is 0 Å². The first-order valence-electron chi connectivity index (χ1n) is 6.59. The van der Waals surface area contributed by atoms with Crippen molar-refractivity contribution in [3.05, 3.63) is 29.3 Å². The maximum absolute atomic E-state index is 12.3. The van der Waals surface area contributed by atoms with E-state index in [9.17, 15) is 4.79 Å². The second-order valence-electron chi connectivity index (χ2n) is 4.69. The average molecular weight is 299 g/mol. The number of rotatable bonds is 4. The molecule has 1 aliphatic rings. The average Bonchev–Trinajstić information content (AvgIpc) is 2.46. The van der Waals surface area contributed by atoms with Crippen LogP contribution in [0.15, 0.2) is 29.2 Å². The van der Waals surface area contributed by atoms with Crippen molar-refractivity contribution in [3.63, 3.8) is 0 Å². The number of nitrogens with zero attached hydrogens (tertiary/aromatic N) is 1. The molecule has 1 atom stereocenters. The van der Waals surface area contributed by atoms with Crippen molar-refractivity contribution in [2.45, 2.75) is 30.2 Å². The summed E-state index contributed by atoms with van der Waals surface area (Å²) in [6, 6.07) is 7.83. The lowest BCUT2D eigenvalue weighted by molar-refractivity contribution is -0.131. The lowest BCUT2D eigenvalue weighted by Crippen LogP contribution is -2.48. The maximum Gasteiger partial charge on any atom is 0.233 e. The van der Waals surface area contributed by atoms with Crippen molar-refractivity contribution in [1.29, 1.82) is 0 Å². The smallest absolute Gasteiger partial charge is 0.233 e. The molecule has 5 heteroatoms. The molecule has 1 aromatic carbocycles. The SMILES string of the molecule is NCC1CCCCN1C(=O)CSc1ccccc1Cl. The van der Waals surface area contributed by atoms with Crippen LogP contribution in [0.2, 0.25) is 5.02 Å². The molecule has 19 heavy (non-hydrogen) atoms. The molecule has 0 saturated carbocycles. The molecule has 3 nitrogen and oxygen atoms in total. The van der Waals surface area contributed by atoms with E-state index in [1.807, 2.05) is 29.2 Å². The van der Waals surface area contributed by atoms with Crippen molar-refractivity contribution in [2.75, 3.05) is 18.8 Å². The van der Waals surface area contributed by atoms with Crippen LogP contribution in [0.1, 0.15) is 19.3 Å². The quantitative estimate of drug-likeness (QED) is 0.870. The zero-order valence-electron chi connectivity index (χ0n) is 10.8. The molecule has 1 fully saturated rings. The predicted molar refractivity (Wildman–Crippen MR) is 80.6 cm³/mol. The van der Waals surface area contributed by atoms with Crippen LogP contribution < -0.4 is 5.73 Å². The topological polar surface area (TPSA) is 46.3 Å². The summed E-state index contributed by atoms with van der Waals surface area (Å²) in [6.07, 6.45) is 3.28. The van der Waals surface area contributed by atoms with Gasteiger partial charge in [-0.05, 0) is 31.4 Å². The number of halogens is 1. The zero-order valence-corrected chi connectivity index (χ0v) is 12.4. The molecule has 1 unspecified atom stereocenters. The van der Waals surface area contributed by atoms with Crippen LogP contribution in [0.3, 0.4) is 0 Å². The molecular formula is C14H19ClN2OS. The third-order valence-corrected chi connectivity index (χ3v) is 4.91. The Morgan fingerprint density at radius 3 is 2.95 bits per heavy atom. The summed E-state index contributed by atoms with van der Waals surface area (Å²) < 4.78 is 0. The molecule has 104 valence electrons. The molecule has 2 N–H and O–H groups in total. The van der Waals surface area contributed by atoms with Gasteiger partial charge in [-0.25, -0.2) is 0 Å². The summed E-state index contributed by atoms with van der Waals surface area (Å²) in [6.45, 7) is 1.40. The second-order valence-corrected chi connectivity index (χ2v) is 6.12. The number of hydrogen-bond acceptors (Lipinski definition) is 3. The van der Waals surface area contributed by atoms with Gasteiger partial charge in [0.2, 0.25) is 5.91 Å². The van der Waals surface area contributed by atoms with Gasteiger partial charge in [-0.3, -0.25) is 4.79 Å². The van der Waals surface area contributed by atoms with Gasteiger partial charge in [-0.15, -0.1) is 11.8 Å². The number of nitrogens with two attached hydrogens (primary N) is 1. The number of hydrogen-bond donors (Lipinski definition) is 1. The highest BCUT2D eigenvalue weighted by molar-refractivity contribution is 8.00. The number of benzene rings is 1. The third kappa shape index (κ3) is 3.88. The van der Waals surface area contributed by atoms with E-state index >= 15 is 0 Å². The third-order valence-electron chi connectivity index (χ3n) is 3.41. The monoisotopic (exact) mass is 298 g/mol. The normalized spacial score (nSPS) is 19.5. The number of amides is 1. The van der Waals surface area contributed by atoms with E-state index in [2.05, 4.69) is 0 Å². The van der Waals surface area contributed by atoms with E-state index in [0.717, 1.165) is 24.3 Å². The van der Waals surface area contributed by atoms with E-state index in [-0.39, 0.29) is 11.9 Å². The van der Waals surface area contributed by atoms with E-state index in [4.69, 9.17) is 17.3 Å². The fraction of sp³-hybridized carbons (Fsp3) is 0.500. The Morgan fingerprint density at radius 2 is 2.21 bits per heavy atom. The molecule has 0 bridgehead atoms. The van der Waals surface area contributed by atoms with Crippen molar-refractivity contribution in [2.24, 2.45) is 5.73 Å². The number of piperidine rings is 1. The van der Waals surface area contributed by atoms with Crippen LogP contribution in [0.4, 0.5) is 0 Å². The Labute approximate surface area is 123 Å². The molecule has 1 aromatic rings. The molecule has 1 saturated heterocycles. The van der Waals surface area contributed by atoms with Gasteiger partial charge in [0.05, 0.1) is 10.8 Å². The molecule has 0 radical (unpaired) electrons. The number of thioether (sulfide) groups is 1. The van der Waals surface area contributed by atoms with Gasteiger partial charge in [-0.1, -0.05) is 23.7 Å². The summed E-state index contributed by atoms with van der Waals surface area (Å²) in [4.78, 5) is 15.2. The molecule has 0 spiro atoms. The molecule has 1 aliphatic heterocycles. The number of carbonyl (C=O) groups excluding carboxylic acids is 1. The molecular weight excluding hydrogens is 280 g/mol. The highest BCUT2D eigenvalue weighted by Crippen LogP contribution is 2.27. The minimum absolute atomic E-state index is 0.167. The number of likely N-dealkylation sites (tertiary alicyclic amines) is 1. The fourth-order valence-corrected chi connectivity index (χ4v) is 3.48. The highest BCUT2D eigenvalue weighted by Gasteiger charge is 2.25. The van der Waals surface area contributed by atoms with Crippen molar-refractivity contribution < 1.29 is 4.79 Å². The minimum Gasteiger partial charge on any atom is -0.338 e. The first kappa shape index (κ1) is 14.7. The Morgan fingerprint density at radius 1 is 1.42 bits per heavy atom. The van der Waals surface area contributed by atoms with Crippen LogP contribution >= 0.6 is 23.4 Å². The molecule has 0 aliphatic carbocycles. The van der Waals surface area contributed by atoms with Gasteiger partial charge < -0.3 is 10.6 Å². The Hall–Kier alpha value is -0.710. The van der Waals surface area contributed by atoms with Crippen LogP contribution in [0, 0.1) is 0 Å². The second kappa shape index (κ2) is 7.17. The summed E-state index contributed by atoms with van der Waals surface area (Å²) in [5.41, 5.74) is 5.74. The summed E-state index contributed by atoms with van der Waals surface area (Å²) in [7, 11) is 0. The maximum atomic E-state index is 12.3. The summed E-state index contributed by atoms with van der Waals surface area (Å²) in [5.74, 6) is 0.598. The number of carbonyl (C=O) groups is 1. The first-order valence-corrected chi connectivity index (χ1v) is 7.95. The minimum atomic E-state index is 0.167. The Balaban J connectivity index is 1.92. The Bertz CT molecular complexity index is 441. The zero-order chi connectivity index (χ0) is 13.7. The predicted octanol–water partition coefficient (Wildman–Crippen LogP) is 2.77. The Kier molecular flexibility index (Phi) is 5.55. The highest BCUT2D eigenvalue weighted by atomic mass is 35.5. The van der Waals surface area contributed by atoms with Gasteiger partial charge in [-0.2, -0.15) is 0 Å². The van der Waals surface area contributed by atoms with E-state index in [1.54, 1.807) is 0 Å². The largest absolute Gasteiger partial charge is 0.338 e. The summed E-state index contributed by atoms with van der Waals surface area (Å²) in [5, 5.41) is 0.703. The lowest BCUT2D eigenvalue weighted by atomic mass is 10.0. The summed E-state index contributed by atoms with van der Waals surface area (Å²) >= 11 is 7.58. The molecule has 1 amide bonds.